The quantitative estimate of drug-likeness (QED) is 0.487. The van der Waals surface area contributed by atoms with Crippen LogP contribution in [0.25, 0.3) is 32.7 Å². The maximum absolute atomic E-state index is 9.97. The van der Waals surface area contributed by atoms with Gasteiger partial charge in [0.2, 0.25) is 0 Å². The van der Waals surface area contributed by atoms with Gasteiger partial charge < -0.3 is 9.52 Å². The molecule has 1 heterocycles. The normalized spacial score (nSPS) is 11.6. The molecule has 0 radical (unpaired) electrons. The molecule has 0 aliphatic heterocycles. The minimum Gasteiger partial charge on any atom is -0.507 e. The summed E-state index contributed by atoms with van der Waals surface area (Å²) in [6.45, 7) is 0. The topological polar surface area (TPSA) is 33.4 Å². The third-order valence-corrected chi connectivity index (χ3v) is 3.34. The molecule has 0 saturated carbocycles. The van der Waals surface area contributed by atoms with Crippen molar-refractivity contribution in [1.29, 1.82) is 0 Å². The molecule has 0 spiro atoms. The molecule has 0 bridgehead atoms. The highest BCUT2D eigenvalue weighted by Gasteiger charge is 2.10. The minimum absolute atomic E-state index is 0.265. The first-order valence-corrected chi connectivity index (χ1v) is 5.86. The van der Waals surface area contributed by atoms with Gasteiger partial charge in [-0.3, -0.25) is 0 Å². The largest absolute Gasteiger partial charge is 0.507 e. The number of phenolic OH excluding ortho intramolecular Hbond substituents is 1. The zero-order valence-corrected chi connectivity index (χ0v) is 9.55. The highest BCUT2D eigenvalue weighted by atomic mass is 16.3. The molecule has 1 aromatic heterocycles. The van der Waals surface area contributed by atoms with Gasteiger partial charge in [-0.1, -0.05) is 30.3 Å². The fraction of sp³-hybridized carbons (Fsp3) is 0. The lowest BCUT2D eigenvalue weighted by atomic mass is 10.1. The minimum atomic E-state index is 0.265. The zero-order chi connectivity index (χ0) is 12.1. The van der Waals surface area contributed by atoms with Gasteiger partial charge >= 0.3 is 0 Å². The molecule has 86 valence electrons. The van der Waals surface area contributed by atoms with Crippen LogP contribution in [0.1, 0.15) is 0 Å². The van der Waals surface area contributed by atoms with Gasteiger partial charge in [0, 0.05) is 5.39 Å². The second kappa shape index (κ2) is 3.26. The lowest BCUT2D eigenvalue weighted by Crippen LogP contribution is -1.72. The average Bonchev–Trinajstić information content (AvgIpc) is 2.74. The molecule has 0 fully saturated rings. The van der Waals surface area contributed by atoms with Crippen LogP contribution in [-0.2, 0) is 0 Å². The first-order chi connectivity index (χ1) is 8.83. The standard InChI is InChI=1S/C16H10O2/c17-13-6-3-7-14-16(13)12-8-10-4-1-2-5-11(10)9-15(12)18-14/h1-9,17H. The lowest BCUT2D eigenvalue weighted by Gasteiger charge is -1.97. The Bertz CT molecular complexity index is 887. The maximum atomic E-state index is 9.97. The summed E-state index contributed by atoms with van der Waals surface area (Å²) in [6, 6.07) is 17.6. The number of furan rings is 1. The Kier molecular flexibility index (Phi) is 1.73. The second-order valence-corrected chi connectivity index (χ2v) is 4.45. The molecule has 4 rings (SSSR count). The van der Waals surface area contributed by atoms with E-state index in [1.165, 1.54) is 0 Å². The SMILES string of the molecule is Oc1cccc2oc3cc4ccccc4cc3c12. The maximum Gasteiger partial charge on any atom is 0.139 e. The van der Waals surface area contributed by atoms with Crippen molar-refractivity contribution in [3.8, 4) is 5.75 Å². The molecular formula is C16H10O2. The van der Waals surface area contributed by atoms with Crippen molar-refractivity contribution in [2.45, 2.75) is 0 Å². The first kappa shape index (κ1) is 9.54. The fourth-order valence-corrected chi connectivity index (χ4v) is 2.49. The zero-order valence-electron chi connectivity index (χ0n) is 9.55. The molecule has 0 amide bonds. The number of phenols is 1. The van der Waals surface area contributed by atoms with Gasteiger partial charge in [-0.25, -0.2) is 0 Å². The molecule has 0 aliphatic carbocycles. The Balaban J connectivity index is 2.29. The summed E-state index contributed by atoms with van der Waals surface area (Å²) in [5.41, 5.74) is 1.53. The molecule has 1 N–H and O–H groups in total. The summed E-state index contributed by atoms with van der Waals surface area (Å²) in [4.78, 5) is 0. The van der Waals surface area contributed by atoms with Gasteiger partial charge in [-0.15, -0.1) is 0 Å². The lowest BCUT2D eigenvalue weighted by molar-refractivity contribution is 0.481. The van der Waals surface area contributed by atoms with Crippen LogP contribution in [-0.4, -0.2) is 5.11 Å². The second-order valence-electron chi connectivity index (χ2n) is 4.45. The van der Waals surface area contributed by atoms with E-state index in [9.17, 15) is 5.11 Å². The van der Waals surface area contributed by atoms with Crippen molar-refractivity contribution >= 4 is 32.7 Å². The summed E-state index contributed by atoms with van der Waals surface area (Å²) < 4.78 is 5.78. The van der Waals surface area contributed by atoms with Crippen molar-refractivity contribution in [2.24, 2.45) is 0 Å². The molecule has 4 aromatic rings. The Morgan fingerprint density at radius 2 is 1.56 bits per heavy atom. The van der Waals surface area contributed by atoms with Gasteiger partial charge in [-0.2, -0.15) is 0 Å². The van der Waals surface area contributed by atoms with Crippen molar-refractivity contribution in [2.75, 3.05) is 0 Å². The van der Waals surface area contributed by atoms with Crippen molar-refractivity contribution in [1.82, 2.24) is 0 Å². The van der Waals surface area contributed by atoms with Crippen molar-refractivity contribution in [3.05, 3.63) is 54.6 Å². The number of hydrogen-bond donors (Lipinski definition) is 1. The van der Waals surface area contributed by atoms with E-state index in [2.05, 4.69) is 18.2 Å². The van der Waals surface area contributed by atoms with Crippen LogP contribution in [0, 0.1) is 0 Å². The summed E-state index contributed by atoms with van der Waals surface area (Å²) in [5.74, 6) is 0.265. The Morgan fingerprint density at radius 1 is 0.778 bits per heavy atom. The van der Waals surface area contributed by atoms with Gasteiger partial charge in [0.15, 0.2) is 0 Å². The molecule has 0 unspecified atom stereocenters. The van der Waals surface area contributed by atoms with Crippen molar-refractivity contribution < 1.29 is 9.52 Å². The van der Waals surface area contributed by atoms with Crippen LogP contribution in [0.2, 0.25) is 0 Å². The van der Waals surface area contributed by atoms with Crippen LogP contribution < -0.4 is 0 Å². The number of rotatable bonds is 0. The predicted molar refractivity (Wildman–Crippen MR) is 72.9 cm³/mol. The highest BCUT2D eigenvalue weighted by molar-refractivity contribution is 6.12. The smallest absolute Gasteiger partial charge is 0.139 e. The van der Waals surface area contributed by atoms with E-state index >= 15 is 0 Å². The van der Waals surface area contributed by atoms with E-state index < -0.39 is 0 Å². The summed E-state index contributed by atoms with van der Waals surface area (Å²) >= 11 is 0. The van der Waals surface area contributed by atoms with Crippen LogP contribution in [0.5, 0.6) is 5.75 Å². The van der Waals surface area contributed by atoms with Gasteiger partial charge in [0.1, 0.15) is 16.9 Å². The predicted octanol–water partition coefficient (Wildman–Crippen LogP) is 4.44. The molecule has 2 heteroatoms. The third-order valence-electron chi connectivity index (χ3n) is 3.34. The van der Waals surface area contributed by atoms with E-state index in [4.69, 9.17) is 4.42 Å². The van der Waals surface area contributed by atoms with Crippen LogP contribution in [0.15, 0.2) is 59.0 Å². The number of fused-ring (bicyclic) bond motifs is 4. The average molecular weight is 234 g/mol. The molecule has 18 heavy (non-hydrogen) atoms. The highest BCUT2D eigenvalue weighted by Crippen LogP contribution is 2.36. The number of benzene rings is 3. The van der Waals surface area contributed by atoms with Crippen LogP contribution >= 0.6 is 0 Å². The Morgan fingerprint density at radius 3 is 2.39 bits per heavy atom. The molecule has 0 aliphatic rings. The van der Waals surface area contributed by atoms with Gasteiger partial charge in [0.05, 0.1) is 5.39 Å². The molecule has 2 nitrogen and oxygen atoms in total. The number of hydrogen-bond acceptors (Lipinski definition) is 2. The van der Waals surface area contributed by atoms with Crippen LogP contribution in [0.4, 0.5) is 0 Å². The Hall–Kier alpha value is -2.48. The van der Waals surface area contributed by atoms with E-state index in [-0.39, 0.29) is 5.75 Å². The molecule has 0 atom stereocenters. The molecule has 0 saturated heterocycles. The fourth-order valence-electron chi connectivity index (χ4n) is 2.49. The summed E-state index contributed by atoms with van der Waals surface area (Å²) in [7, 11) is 0. The third kappa shape index (κ3) is 1.17. The van der Waals surface area contributed by atoms with E-state index in [1.807, 2.05) is 24.3 Å². The number of aromatic hydroxyl groups is 1. The molecule has 3 aromatic carbocycles. The van der Waals surface area contributed by atoms with Gasteiger partial charge in [0.25, 0.3) is 0 Å². The monoisotopic (exact) mass is 234 g/mol. The van der Waals surface area contributed by atoms with Crippen LogP contribution in [0.3, 0.4) is 0 Å². The van der Waals surface area contributed by atoms with E-state index in [0.29, 0.717) is 0 Å². The molecular weight excluding hydrogens is 224 g/mol. The van der Waals surface area contributed by atoms with Crippen molar-refractivity contribution in [3.63, 3.8) is 0 Å². The first-order valence-electron chi connectivity index (χ1n) is 5.86. The van der Waals surface area contributed by atoms with E-state index in [0.717, 1.165) is 32.7 Å². The van der Waals surface area contributed by atoms with Gasteiger partial charge in [-0.05, 0) is 35.0 Å². The summed E-state index contributed by atoms with van der Waals surface area (Å²) in [6.07, 6.45) is 0. The Labute approximate surface area is 103 Å². The summed E-state index contributed by atoms with van der Waals surface area (Å²) in [5, 5.41) is 14.0. The van der Waals surface area contributed by atoms with E-state index in [1.54, 1.807) is 12.1 Å².